The van der Waals surface area contributed by atoms with E-state index in [9.17, 15) is 4.79 Å². The fourth-order valence-electron chi connectivity index (χ4n) is 4.64. The molecule has 5 nitrogen and oxygen atoms in total. The van der Waals surface area contributed by atoms with Crippen LogP contribution in [0, 0.1) is 11.8 Å². The van der Waals surface area contributed by atoms with E-state index < -0.39 is 0 Å². The van der Waals surface area contributed by atoms with Crippen LogP contribution >= 0.6 is 0 Å². The summed E-state index contributed by atoms with van der Waals surface area (Å²) in [7, 11) is 1.70. The van der Waals surface area contributed by atoms with Crippen molar-refractivity contribution in [2.45, 2.75) is 46.2 Å². The van der Waals surface area contributed by atoms with Crippen LogP contribution in [0.25, 0.3) is 16.7 Å². The fourth-order valence-corrected chi connectivity index (χ4v) is 4.64. The summed E-state index contributed by atoms with van der Waals surface area (Å²) < 4.78 is 7.04. The third kappa shape index (κ3) is 3.28. The van der Waals surface area contributed by atoms with Crippen LogP contribution in [0.3, 0.4) is 0 Å². The molecule has 0 radical (unpaired) electrons. The number of benzene rings is 1. The maximum absolute atomic E-state index is 12.6. The van der Waals surface area contributed by atoms with E-state index in [-0.39, 0.29) is 11.9 Å². The summed E-state index contributed by atoms with van der Waals surface area (Å²) in [5.74, 6) is 1.11. The summed E-state index contributed by atoms with van der Waals surface area (Å²) in [6.45, 7) is 7.45. The molecule has 1 aliphatic heterocycles. The highest BCUT2D eigenvalue weighted by molar-refractivity contribution is 5.99. The molecular weight excluding hydrogens is 350 g/mol. The van der Waals surface area contributed by atoms with Crippen molar-refractivity contribution in [2.24, 2.45) is 11.8 Å². The van der Waals surface area contributed by atoms with E-state index in [2.05, 4.69) is 54.3 Å². The van der Waals surface area contributed by atoms with Gasteiger partial charge in [-0.3, -0.25) is 9.48 Å². The summed E-state index contributed by atoms with van der Waals surface area (Å²) in [6.07, 6.45) is 8.63. The maximum atomic E-state index is 12.6. The minimum absolute atomic E-state index is 0.139. The van der Waals surface area contributed by atoms with Gasteiger partial charge in [0.25, 0.3) is 0 Å². The Hall–Kier alpha value is -2.40. The van der Waals surface area contributed by atoms with Gasteiger partial charge in [0.05, 0.1) is 25.0 Å². The van der Waals surface area contributed by atoms with Crippen LogP contribution in [0.4, 0.5) is 5.69 Å². The van der Waals surface area contributed by atoms with Gasteiger partial charge in [-0.05, 0) is 49.0 Å². The van der Waals surface area contributed by atoms with Crippen molar-refractivity contribution in [3.8, 4) is 11.1 Å². The lowest BCUT2D eigenvalue weighted by Crippen LogP contribution is -2.48. The minimum Gasteiger partial charge on any atom is -0.383 e. The lowest BCUT2D eigenvalue weighted by molar-refractivity contribution is -0.117. The van der Waals surface area contributed by atoms with Crippen LogP contribution < -0.4 is 4.90 Å². The Kier molecular flexibility index (Phi) is 5.11. The molecule has 2 aliphatic rings. The zero-order chi connectivity index (χ0) is 19.8. The Balaban J connectivity index is 1.75. The van der Waals surface area contributed by atoms with Gasteiger partial charge in [-0.2, -0.15) is 5.10 Å². The molecule has 1 saturated carbocycles. The minimum atomic E-state index is 0.139. The number of anilines is 1. The highest BCUT2D eigenvalue weighted by Crippen LogP contribution is 2.50. The number of hydrogen-bond acceptors (Lipinski definition) is 3. The third-order valence-electron chi connectivity index (χ3n) is 6.11. The van der Waals surface area contributed by atoms with Crippen molar-refractivity contribution >= 4 is 17.2 Å². The van der Waals surface area contributed by atoms with E-state index in [1.807, 2.05) is 10.9 Å². The molecule has 1 amide bonds. The number of amides is 1. The monoisotopic (exact) mass is 379 g/mol. The lowest BCUT2D eigenvalue weighted by Gasteiger charge is -2.43. The van der Waals surface area contributed by atoms with E-state index in [0.29, 0.717) is 18.4 Å². The molecule has 0 bridgehead atoms. The van der Waals surface area contributed by atoms with Gasteiger partial charge in [-0.1, -0.05) is 19.1 Å². The van der Waals surface area contributed by atoms with Gasteiger partial charge in [0.2, 0.25) is 5.91 Å². The highest BCUT2D eigenvalue weighted by atomic mass is 16.5. The van der Waals surface area contributed by atoms with Crippen molar-refractivity contribution in [1.29, 1.82) is 0 Å². The van der Waals surface area contributed by atoms with Gasteiger partial charge >= 0.3 is 0 Å². The summed E-state index contributed by atoms with van der Waals surface area (Å²) in [4.78, 5) is 14.6. The van der Waals surface area contributed by atoms with Crippen LogP contribution in [0.1, 0.15) is 39.2 Å². The number of hydrogen-bond donors (Lipinski definition) is 0. The van der Waals surface area contributed by atoms with Gasteiger partial charge < -0.3 is 9.64 Å². The smallest absolute Gasteiger partial charge is 0.224 e. The van der Waals surface area contributed by atoms with E-state index in [4.69, 9.17) is 4.74 Å². The fraction of sp³-hybridized carbons (Fsp3) is 0.478. The van der Waals surface area contributed by atoms with Crippen molar-refractivity contribution in [2.75, 3.05) is 18.6 Å². The van der Waals surface area contributed by atoms with Crippen LogP contribution in [0.5, 0.6) is 0 Å². The van der Waals surface area contributed by atoms with E-state index in [1.54, 1.807) is 14.0 Å². The van der Waals surface area contributed by atoms with E-state index in [0.717, 1.165) is 23.4 Å². The number of aromatic nitrogens is 2. The average Bonchev–Trinajstić information content (AvgIpc) is 3.41. The first-order valence-electron chi connectivity index (χ1n) is 10.2. The van der Waals surface area contributed by atoms with Crippen molar-refractivity contribution in [3.63, 3.8) is 0 Å². The molecule has 0 spiro atoms. The molecule has 1 fully saturated rings. The largest absolute Gasteiger partial charge is 0.383 e. The van der Waals surface area contributed by atoms with Crippen LogP contribution in [-0.2, 0) is 16.1 Å². The predicted molar refractivity (Wildman–Crippen MR) is 112 cm³/mol. The first kappa shape index (κ1) is 18.9. The maximum Gasteiger partial charge on any atom is 0.224 e. The second-order valence-electron chi connectivity index (χ2n) is 7.97. The van der Waals surface area contributed by atoms with Gasteiger partial charge in [-0.25, -0.2) is 0 Å². The number of nitrogens with zero attached hydrogens (tertiary/aromatic N) is 3. The Bertz CT molecular complexity index is 910. The molecule has 28 heavy (non-hydrogen) atoms. The van der Waals surface area contributed by atoms with Crippen LogP contribution in [-0.4, -0.2) is 35.4 Å². The van der Waals surface area contributed by atoms with Crippen molar-refractivity contribution in [1.82, 2.24) is 9.78 Å². The molecule has 0 saturated heterocycles. The highest BCUT2D eigenvalue weighted by Gasteiger charge is 2.45. The van der Waals surface area contributed by atoms with Gasteiger partial charge in [0.15, 0.2) is 0 Å². The SMILES string of the molecule is C/C=C1/c2cc(-c3cnn(CCOC)c3)ccc2N(C(C)=O)C(C2CC2)[C@H]1C. The summed E-state index contributed by atoms with van der Waals surface area (Å²) in [5.41, 5.74) is 5.77. The molecule has 4 rings (SSSR count). The Morgan fingerprint density at radius 1 is 1.32 bits per heavy atom. The summed E-state index contributed by atoms with van der Waals surface area (Å²) in [6, 6.07) is 6.72. The first-order valence-corrected chi connectivity index (χ1v) is 10.2. The molecular formula is C23H29N3O2. The van der Waals surface area contributed by atoms with Crippen LogP contribution in [0.15, 0.2) is 36.7 Å². The average molecular weight is 380 g/mol. The Labute approximate surface area is 167 Å². The van der Waals surface area contributed by atoms with Gasteiger partial charge in [0, 0.05) is 43.3 Å². The summed E-state index contributed by atoms with van der Waals surface area (Å²) in [5, 5.41) is 4.44. The standard InChI is InChI=1S/C23H29N3O2/c1-5-20-15(2)23(17-6-7-17)26(16(3)27)22-9-8-18(12-21(20)22)19-13-24-25(14-19)10-11-28-4/h5,8-9,12-15,17,23H,6-7,10-11H2,1-4H3/b20-5+/t15-,23?/m0/s1. The number of carbonyl (C=O) groups is 1. The zero-order valence-electron chi connectivity index (χ0n) is 17.2. The van der Waals surface area contributed by atoms with E-state index >= 15 is 0 Å². The van der Waals surface area contributed by atoms with Crippen molar-refractivity contribution in [3.05, 3.63) is 42.2 Å². The zero-order valence-corrected chi connectivity index (χ0v) is 17.2. The first-order chi connectivity index (χ1) is 13.5. The molecule has 2 aromatic rings. The lowest BCUT2D eigenvalue weighted by atomic mass is 9.79. The number of ether oxygens (including phenoxy) is 1. The molecule has 1 aromatic heterocycles. The number of carbonyl (C=O) groups excluding carboxylic acids is 1. The second kappa shape index (κ2) is 7.55. The molecule has 2 heterocycles. The number of methoxy groups -OCH3 is 1. The molecule has 1 aromatic carbocycles. The van der Waals surface area contributed by atoms with Gasteiger partial charge in [0.1, 0.15) is 0 Å². The van der Waals surface area contributed by atoms with Crippen LogP contribution in [0.2, 0.25) is 0 Å². The molecule has 5 heteroatoms. The topological polar surface area (TPSA) is 47.4 Å². The number of allylic oxidation sites excluding steroid dienone is 1. The van der Waals surface area contributed by atoms with Gasteiger partial charge in [-0.15, -0.1) is 0 Å². The van der Waals surface area contributed by atoms with E-state index in [1.165, 1.54) is 24.0 Å². The molecule has 148 valence electrons. The molecule has 1 aliphatic carbocycles. The number of rotatable bonds is 5. The number of fused-ring (bicyclic) bond motifs is 1. The quantitative estimate of drug-likeness (QED) is 0.774. The molecule has 2 atom stereocenters. The Morgan fingerprint density at radius 3 is 2.75 bits per heavy atom. The normalized spacial score (nSPS) is 23.1. The molecule has 0 N–H and O–H groups in total. The predicted octanol–water partition coefficient (Wildman–Crippen LogP) is 4.38. The van der Waals surface area contributed by atoms with Crippen molar-refractivity contribution < 1.29 is 9.53 Å². The summed E-state index contributed by atoms with van der Waals surface area (Å²) >= 11 is 0. The molecule has 1 unspecified atom stereocenters. The second-order valence-corrected chi connectivity index (χ2v) is 7.97. The third-order valence-corrected chi connectivity index (χ3v) is 6.11. The Morgan fingerprint density at radius 2 is 2.11 bits per heavy atom.